The predicted octanol–water partition coefficient (Wildman–Crippen LogP) is 5.11. The molecule has 3 nitrogen and oxygen atoms in total. The van der Waals surface area contributed by atoms with E-state index in [0.29, 0.717) is 11.3 Å². The number of furan rings is 1. The van der Waals surface area contributed by atoms with Crippen LogP contribution in [0.2, 0.25) is 0 Å². The van der Waals surface area contributed by atoms with Gasteiger partial charge in [-0.05, 0) is 36.8 Å². The van der Waals surface area contributed by atoms with Crippen LogP contribution in [0.4, 0.5) is 0 Å². The molecule has 1 aromatic carbocycles. The van der Waals surface area contributed by atoms with E-state index in [1.807, 2.05) is 48.5 Å². The standard InChI is InChI=1S/C19H13NO2S/c1-13-17(9-10-22-13)19(21)15(12-20)11-16-7-8-18(23-16)14-5-3-2-4-6-14/h2-11H,1H3/b15-11+. The monoisotopic (exact) mass is 319 g/mol. The number of thiophene rings is 1. The predicted molar refractivity (Wildman–Crippen MR) is 91.1 cm³/mol. The van der Waals surface area contributed by atoms with Gasteiger partial charge in [0.1, 0.15) is 17.4 Å². The molecule has 0 saturated heterocycles. The van der Waals surface area contributed by atoms with E-state index in [1.54, 1.807) is 30.4 Å². The molecule has 0 aliphatic rings. The number of hydrogen-bond donors (Lipinski definition) is 0. The SMILES string of the molecule is Cc1occc1C(=O)/C(C#N)=C/c1ccc(-c2ccccc2)s1. The highest BCUT2D eigenvalue weighted by Crippen LogP contribution is 2.29. The first-order chi connectivity index (χ1) is 11.2. The first-order valence-corrected chi connectivity index (χ1v) is 7.86. The van der Waals surface area contributed by atoms with Crippen LogP contribution in [0.25, 0.3) is 16.5 Å². The summed E-state index contributed by atoms with van der Waals surface area (Å²) in [6.07, 6.45) is 3.09. The molecule has 0 saturated carbocycles. The molecule has 0 atom stereocenters. The number of nitrogens with zero attached hydrogens (tertiary/aromatic N) is 1. The van der Waals surface area contributed by atoms with E-state index in [0.717, 1.165) is 15.3 Å². The number of nitriles is 1. The van der Waals surface area contributed by atoms with E-state index in [4.69, 9.17) is 4.42 Å². The van der Waals surface area contributed by atoms with Gasteiger partial charge in [0.25, 0.3) is 0 Å². The van der Waals surface area contributed by atoms with Crippen LogP contribution < -0.4 is 0 Å². The summed E-state index contributed by atoms with van der Waals surface area (Å²) < 4.78 is 5.14. The number of aryl methyl sites for hydroxylation is 1. The minimum Gasteiger partial charge on any atom is -0.469 e. The van der Waals surface area contributed by atoms with Crippen LogP contribution in [0, 0.1) is 18.3 Å². The van der Waals surface area contributed by atoms with Gasteiger partial charge in [-0.1, -0.05) is 30.3 Å². The van der Waals surface area contributed by atoms with E-state index in [1.165, 1.54) is 6.26 Å². The number of hydrogen-bond acceptors (Lipinski definition) is 4. The summed E-state index contributed by atoms with van der Waals surface area (Å²) in [5.41, 5.74) is 1.65. The van der Waals surface area contributed by atoms with Crippen LogP contribution in [0.3, 0.4) is 0 Å². The fourth-order valence-electron chi connectivity index (χ4n) is 2.24. The Balaban J connectivity index is 1.91. The maximum absolute atomic E-state index is 12.4. The zero-order chi connectivity index (χ0) is 16.2. The third-order valence-corrected chi connectivity index (χ3v) is 4.52. The number of ketones is 1. The van der Waals surface area contributed by atoms with E-state index in [2.05, 4.69) is 0 Å². The van der Waals surface area contributed by atoms with Gasteiger partial charge in [-0.25, -0.2) is 0 Å². The molecule has 0 spiro atoms. The van der Waals surface area contributed by atoms with Gasteiger partial charge in [0.15, 0.2) is 0 Å². The lowest BCUT2D eigenvalue weighted by Crippen LogP contribution is -2.01. The minimum atomic E-state index is -0.312. The number of benzene rings is 1. The van der Waals surface area contributed by atoms with E-state index >= 15 is 0 Å². The molecule has 0 radical (unpaired) electrons. The molecule has 0 aliphatic heterocycles. The Hall–Kier alpha value is -2.90. The topological polar surface area (TPSA) is 54.0 Å². The molecular weight excluding hydrogens is 306 g/mol. The summed E-state index contributed by atoms with van der Waals surface area (Å²) >= 11 is 1.55. The lowest BCUT2D eigenvalue weighted by atomic mass is 10.0. The Labute approximate surface area is 138 Å². The van der Waals surface area contributed by atoms with Gasteiger partial charge in [-0.3, -0.25) is 4.79 Å². The summed E-state index contributed by atoms with van der Waals surface area (Å²) in [7, 11) is 0. The van der Waals surface area contributed by atoms with E-state index in [9.17, 15) is 10.1 Å². The highest BCUT2D eigenvalue weighted by atomic mass is 32.1. The average molecular weight is 319 g/mol. The van der Waals surface area contributed by atoms with Crippen LogP contribution in [0.5, 0.6) is 0 Å². The Bertz CT molecular complexity index is 910. The second-order valence-corrected chi connectivity index (χ2v) is 6.07. The van der Waals surface area contributed by atoms with Crippen molar-refractivity contribution in [3.05, 3.63) is 76.6 Å². The van der Waals surface area contributed by atoms with Crippen LogP contribution in [0.15, 0.2) is 64.8 Å². The van der Waals surface area contributed by atoms with Crippen molar-refractivity contribution < 1.29 is 9.21 Å². The lowest BCUT2D eigenvalue weighted by Gasteiger charge is -1.97. The Morgan fingerprint density at radius 3 is 2.61 bits per heavy atom. The van der Waals surface area contributed by atoms with Crippen LogP contribution in [-0.4, -0.2) is 5.78 Å². The number of Topliss-reactive ketones (excluding diaryl/α,β-unsaturated/α-hetero) is 1. The fourth-order valence-corrected chi connectivity index (χ4v) is 3.20. The molecule has 112 valence electrons. The first kappa shape index (κ1) is 15.0. The first-order valence-electron chi connectivity index (χ1n) is 7.05. The maximum Gasteiger partial charge on any atom is 0.207 e. The molecule has 0 bridgehead atoms. The van der Waals surface area contributed by atoms with Crippen LogP contribution in [-0.2, 0) is 0 Å². The van der Waals surface area contributed by atoms with Crippen molar-refractivity contribution in [3.8, 4) is 16.5 Å². The quantitative estimate of drug-likeness (QED) is 0.381. The zero-order valence-corrected chi connectivity index (χ0v) is 13.3. The van der Waals surface area contributed by atoms with Crippen molar-refractivity contribution in [1.29, 1.82) is 5.26 Å². The molecule has 0 aliphatic carbocycles. The molecular formula is C19H13NO2S. The van der Waals surface area contributed by atoms with Gasteiger partial charge in [0, 0.05) is 9.75 Å². The van der Waals surface area contributed by atoms with Crippen molar-refractivity contribution in [2.45, 2.75) is 6.92 Å². The second-order valence-electron chi connectivity index (χ2n) is 4.96. The Morgan fingerprint density at radius 2 is 1.96 bits per heavy atom. The lowest BCUT2D eigenvalue weighted by molar-refractivity contribution is 0.103. The molecule has 3 rings (SSSR count). The molecule has 0 amide bonds. The van der Waals surface area contributed by atoms with Gasteiger partial charge >= 0.3 is 0 Å². The summed E-state index contributed by atoms with van der Waals surface area (Å²) in [6.45, 7) is 1.71. The number of carbonyl (C=O) groups is 1. The third kappa shape index (κ3) is 3.15. The highest BCUT2D eigenvalue weighted by molar-refractivity contribution is 7.16. The van der Waals surface area contributed by atoms with Crippen molar-refractivity contribution in [2.75, 3.05) is 0 Å². The van der Waals surface area contributed by atoms with Gasteiger partial charge in [0.2, 0.25) is 5.78 Å². The summed E-state index contributed by atoms with van der Waals surface area (Å²) in [5, 5.41) is 9.31. The summed E-state index contributed by atoms with van der Waals surface area (Å²) in [5.74, 6) is 0.209. The molecule has 0 fully saturated rings. The van der Waals surface area contributed by atoms with Crippen LogP contribution in [0.1, 0.15) is 21.0 Å². The van der Waals surface area contributed by atoms with Gasteiger partial charge in [-0.15, -0.1) is 11.3 Å². The normalized spacial score (nSPS) is 11.2. The highest BCUT2D eigenvalue weighted by Gasteiger charge is 2.16. The second kappa shape index (κ2) is 6.47. The largest absolute Gasteiger partial charge is 0.469 e. The van der Waals surface area contributed by atoms with E-state index < -0.39 is 0 Å². The van der Waals surface area contributed by atoms with Crippen molar-refractivity contribution in [3.63, 3.8) is 0 Å². The Morgan fingerprint density at radius 1 is 1.17 bits per heavy atom. The van der Waals surface area contributed by atoms with Crippen molar-refractivity contribution in [1.82, 2.24) is 0 Å². The number of carbonyl (C=O) groups excluding carboxylic acids is 1. The molecule has 3 aromatic rings. The molecule has 0 unspecified atom stereocenters. The molecule has 4 heteroatoms. The molecule has 23 heavy (non-hydrogen) atoms. The molecule has 2 aromatic heterocycles. The third-order valence-electron chi connectivity index (χ3n) is 3.44. The Kier molecular flexibility index (Phi) is 4.22. The molecule has 0 N–H and O–H groups in total. The van der Waals surface area contributed by atoms with Gasteiger partial charge in [0.05, 0.1) is 11.8 Å². The zero-order valence-electron chi connectivity index (χ0n) is 12.4. The minimum absolute atomic E-state index is 0.107. The average Bonchev–Trinajstić information content (AvgIpc) is 3.22. The van der Waals surface area contributed by atoms with Crippen molar-refractivity contribution >= 4 is 23.2 Å². The maximum atomic E-state index is 12.4. The number of allylic oxidation sites excluding steroid dienone is 1. The molecule has 2 heterocycles. The van der Waals surface area contributed by atoms with Crippen molar-refractivity contribution in [2.24, 2.45) is 0 Å². The van der Waals surface area contributed by atoms with Crippen LogP contribution >= 0.6 is 11.3 Å². The fraction of sp³-hybridized carbons (Fsp3) is 0.0526. The van der Waals surface area contributed by atoms with Gasteiger partial charge in [-0.2, -0.15) is 5.26 Å². The number of rotatable bonds is 4. The smallest absolute Gasteiger partial charge is 0.207 e. The van der Waals surface area contributed by atoms with E-state index in [-0.39, 0.29) is 11.4 Å². The van der Waals surface area contributed by atoms with Gasteiger partial charge < -0.3 is 4.42 Å². The summed E-state index contributed by atoms with van der Waals surface area (Å²) in [6, 6.07) is 17.5. The summed E-state index contributed by atoms with van der Waals surface area (Å²) in [4.78, 5) is 14.4.